The summed E-state index contributed by atoms with van der Waals surface area (Å²) in [4.78, 5) is 0. The maximum absolute atomic E-state index is 5.41. The zero-order chi connectivity index (χ0) is 11.4. The lowest BCUT2D eigenvalue weighted by molar-refractivity contribution is 0.269. The smallest absolute Gasteiger partial charge is 0.122 e. The predicted molar refractivity (Wildman–Crippen MR) is 66.8 cm³/mol. The van der Waals surface area contributed by atoms with Gasteiger partial charge in [0.05, 0.1) is 7.11 Å². The Morgan fingerprint density at radius 3 is 2.94 bits per heavy atom. The lowest BCUT2D eigenvalue weighted by Crippen LogP contribution is -2.35. The Balaban J connectivity index is 2.07. The molecule has 1 aromatic carbocycles. The Morgan fingerprint density at radius 2 is 2.19 bits per heavy atom. The van der Waals surface area contributed by atoms with Crippen LogP contribution in [0.25, 0.3) is 0 Å². The van der Waals surface area contributed by atoms with Gasteiger partial charge >= 0.3 is 0 Å². The fourth-order valence-electron chi connectivity index (χ4n) is 2.53. The minimum Gasteiger partial charge on any atom is -0.496 e. The van der Waals surface area contributed by atoms with Crippen molar-refractivity contribution in [3.8, 4) is 5.75 Å². The summed E-state index contributed by atoms with van der Waals surface area (Å²) in [6, 6.07) is 8.38. The van der Waals surface area contributed by atoms with Gasteiger partial charge in [0.1, 0.15) is 5.75 Å². The molecule has 1 heterocycles. The lowest BCUT2D eigenvalue weighted by Gasteiger charge is -2.29. The highest BCUT2D eigenvalue weighted by Gasteiger charge is 2.22. The number of ether oxygens (including phenoxy) is 1. The van der Waals surface area contributed by atoms with Gasteiger partial charge in [-0.25, -0.2) is 0 Å². The van der Waals surface area contributed by atoms with E-state index in [0.717, 1.165) is 37.1 Å². The van der Waals surface area contributed by atoms with Gasteiger partial charge in [-0.3, -0.25) is 0 Å². The van der Waals surface area contributed by atoms with Gasteiger partial charge in [-0.2, -0.15) is 0 Å². The average Bonchev–Trinajstić information content (AvgIpc) is 2.33. The average molecular weight is 219 g/mol. The Labute approximate surface area is 98.0 Å². The highest BCUT2D eigenvalue weighted by molar-refractivity contribution is 5.33. The Morgan fingerprint density at radius 1 is 1.38 bits per heavy atom. The summed E-state index contributed by atoms with van der Waals surface area (Å²) in [5.74, 6) is 2.59. The first-order valence-corrected chi connectivity index (χ1v) is 6.14. The van der Waals surface area contributed by atoms with Crippen LogP contribution >= 0.6 is 0 Å². The first-order valence-electron chi connectivity index (χ1n) is 6.14. The molecule has 88 valence electrons. The molecule has 16 heavy (non-hydrogen) atoms. The molecule has 1 aliphatic heterocycles. The largest absolute Gasteiger partial charge is 0.496 e. The van der Waals surface area contributed by atoms with E-state index in [1.165, 1.54) is 12.0 Å². The molecule has 0 saturated carbocycles. The Bertz CT molecular complexity index is 337. The van der Waals surface area contributed by atoms with Crippen LogP contribution < -0.4 is 10.1 Å². The summed E-state index contributed by atoms with van der Waals surface area (Å²) in [7, 11) is 1.75. The van der Waals surface area contributed by atoms with Gasteiger partial charge in [0.15, 0.2) is 0 Å². The van der Waals surface area contributed by atoms with Gasteiger partial charge in [-0.15, -0.1) is 0 Å². The summed E-state index contributed by atoms with van der Waals surface area (Å²) in [5, 5.41) is 3.45. The highest BCUT2D eigenvalue weighted by atomic mass is 16.5. The second-order valence-electron chi connectivity index (χ2n) is 4.75. The van der Waals surface area contributed by atoms with Crippen molar-refractivity contribution in [1.82, 2.24) is 5.32 Å². The molecule has 1 N–H and O–H groups in total. The minimum absolute atomic E-state index is 0.763. The van der Waals surface area contributed by atoms with Crippen LogP contribution in [0.4, 0.5) is 0 Å². The first kappa shape index (κ1) is 11.5. The van der Waals surface area contributed by atoms with Gasteiger partial charge in [-0.05, 0) is 49.4 Å². The molecule has 2 heteroatoms. The molecule has 0 aliphatic carbocycles. The van der Waals surface area contributed by atoms with E-state index in [-0.39, 0.29) is 0 Å². The molecule has 0 radical (unpaired) electrons. The Kier molecular flexibility index (Phi) is 3.83. The number of methoxy groups -OCH3 is 1. The fourth-order valence-corrected chi connectivity index (χ4v) is 2.53. The molecule has 1 fully saturated rings. The van der Waals surface area contributed by atoms with E-state index >= 15 is 0 Å². The normalized spacial score (nSPS) is 25.4. The fraction of sp³-hybridized carbons (Fsp3) is 0.571. The summed E-state index contributed by atoms with van der Waals surface area (Å²) in [5.41, 5.74) is 1.35. The topological polar surface area (TPSA) is 21.3 Å². The number of para-hydroxylation sites is 1. The standard InChI is InChI=1S/C14H21NO/c1-11-10-15-8-7-12(11)9-13-5-3-4-6-14(13)16-2/h3-6,11-12,15H,7-10H2,1-2H3. The van der Waals surface area contributed by atoms with Crippen molar-refractivity contribution in [2.45, 2.75) is 19.8 Å². The van der Waals surface area contributed by atoms with Gasteiger partial charge in [0, 0.05) is 0 Å². The highest BCUT2D eigenvalue weighted by Crippen LogP contribution is 2.27. The number of hydrogen-bond donors (Lipinski definition) is 1. The summed E-state index contributed by atoms with van der Waals surface area (Å²) in [6.45, 7) is 4.65. The van der Waals surface area contributed by atoms with Crippen molar-refractivity contribution in [2.24, 2.45) is 11.8 Å². The van der Waals surface area contributed by atoms with E-state index in [2.05, 4.69) is 30.4 Å². The quantitative estimate of drug-likeness (QED) is 0.843. The second kappa shape index (κ2) is 5.35. The van der Waals surface area contributed by atoms with Gasteiger partial charge in [0.2, 0.25) is 0 Å². The molecule has 0 bridgehead atoms. The van der Waals surface area contributed by atoms with Crippen LogP contribution in [-0.2, 0) is 6.42 Å². The molecule has 2 unspecified atom stereocenters. The summed E-state index contributed by atoms with van der Waals surface area (Å²) in [6.07, 6.45) is 2.42. The van der Waals surface area contributed by atoms with Crippen molar-refractivity contribution in [3.63, 3.8) is 0 Å². The maximum Gasteiger partial charge on any atom is 0.122 e. The molecule has 2 rings (SSSR count). The van der Waals surface area contributed by atoms with E-state index in [0.29, 0.717) is 0 Å². The maximum atomic E-state index is 5.41. The zero-order valence-corrected chi connectivity index (χ0v) is 10.2. The van der Waals surface area contributed by atoms with Crippen LogP contribution in [0.15, 0.2) is 24.3 Å². The monoisotopic (exact) mass is 219 g/mol. The van der Waals surface area contributed by atoms with Crippen LogP contribution in [0.3, 0.4) is 0 Å². The van der Waals surface area contributed by atoms with Gasteiger partial charge < -0.3 is 10.1 Å². The molecule has 2 nitrogen and oxygen atoms in total. The molecule has 1 saturated heterocycles. The third kappa shape index (κ3) is 2.56. The van der Waals surface area contributed by atoms with E-state index in [4.69, 9.17) is 4.74 Å². The van der Waals surface area contributed by atoms with Crippen molar-refractivity contribution in [2.75, 3.05) is 20.2 Å². The molecule has 0 amide bonds. The van der Waals surface area contributed by atoms with Crippen LogP contribution in [0, 0.1) is 11.8 Å². The summed E-state index contributed by atoms with van der Waals surface area (Å²) >= 11 is 0. The molecule has 0 aromatic heterocycles. The van der Waals surface area contributed by atoms with E-state index in [1.807, 2.05) is 6.07 Å². The summed E-state index contributed by atoms with van der Waals surface area (Å²) < 4.78 is 5.41. The first-order chi connectivity index (χ1) is 7.81. The minimum atomic E-state index is 0.763. The number of rotatable bonds is 3. The van der Waals surface area contributed by atoms with E-state index < -0.39 is 0 Å². The molecule has 1 aromatic rings. The van der Waals surface area contributed by atoms with Gasteiger partial charge in [-0.1, -0.05) is 25.1 Å². The van der Waals surface area contributed by atoms with Crippen molar-refractivity contribution >= 4 is 0 Å². The molecule has 1 aliphatic rings. The molecule has 2 atom stereocenters. The molecule has 0 spiro atoms. The second-order valence-corrected chi connectivity index (χ2v) is 4.75. The molecular weight excluding hydrogens is 198 g/mol. The lowest BCUT2D eigenvalue weighted by atomic mass is 9.83. The van der Waals surface area contributed by atoms with E-state index in [1.54, 1.807) is 7.11 Å². The van der Waals surface area contributed by atoms with Crippen LogP contribution in [0.2, 0.25) is 0 Å². The zero-order valence-electron chi connectivity index (χ0n) is 10.2. The number of nitrogens with one attached hydrogen (secondary N) is 1. The van der Waals surface area contributed by atoms with Crippen molar-refractivity contribution in [1.29, 1.82) is 0 Å². The Hall–Kier alpha value is -1.02. The van der Waals surface area contributed by atoms with E-state index in [9.17, 15) is 0 Å². The number of hydrogen-bond acceptors (Lipinski definition) is 2. The third-order valence-electron chi connectivity index (χ3n) is 3.64. The molecular formula is C14H21NO. The van der Waals surface area contributed by atoms with Crippen LogP contribution in [0.1, 0.15) is 18.9 Å². The van der Waals surface area contributed by atoms with Crippen LogP contribution in [0.5, 0.6) is 5.75 Å². The predicted octanol–water partition coefficient (Wildman–Crippen LogP) is 2.48. The number of benzene rings is 1. The number of piperidine rings is 1. The SMILES string of the molecule is COc1ccccc1CC1CCNCC1C. The van der Waals surface area contributed by atoms with Gasteiger partial charge in [0.25, 0.3) is 0 Å². The van der Waals surface area contributed by atoms with Crippen molar-refractivity contribution in [3.05, 3.63) is 29.8 Å². The third-order valence-corrected chi connectivity index (χ3v) is 3.64. The van der Waals surface area contributed by atoms with Crippen LogP contribution in [-0.4, -0.2) is 20.2 Å². The van der Waals surface area contributed by atoms with Crippen molar-refractivity contribution < 1.29 is 4.74 Å².